The topological polar surface area (TPSA) is 66.5 Å². The van der Waals surface area contributed by atoms with Crippen molar-refractivity contribution in [1.82, 2.24) is 9.62 Å². The number of hydrogen-bond donors (Lipinski definition) is 1. The fourth-order valence-electron chi connectivity index (χ4n) is 2.15. The lowest BCUT2D eigenvalue weighted by Gasteiger charge is -2.17. The third-order valence-corrected chi connectivity index (χ3v) is 5.40. The molecule has 0 saturated heterocycles. The highest BCUT2D eigenvalue weighted by Crippen LogP contribution is 2.15. The SMILES string of the molecule is C#CCNS(=O)(=O)c1ccc(C(=O)N(C)Cc2ccc(Br)cc2)cc1. The Morgan fingerprint density at radius 2 is 1.76 bits per heavy atom. The van der Waals surface area contributed by atoms with Gasteiger partial charge in [0.25, 0.3) is 5.91 Å². The Morgan fingerprint density at radius 3 is 2.32 bits per heavy atom. The number of hydrogen-bond acceptors (Lipinski definition) is 3. The van der Waals surface area contributed by atoms with Crippen LogP contribution in [0.5, 0.6) is 0 Å². The van der Waals surface area contributed by atoms with Gasteiger partial charge in [-0.3, -0.25) is 4.79 Å². The van der Waals surface area contributed by atoms with E-state index in [4.69, 9.17) is 6.42 Å². The molecule has 0 bridgehead atoms. The molecule has 0 radical (unpaired) electrons. The number of halogens is 1. The molecule has 0 aromatic heterocycles. The van der Waals surface area contributed by atoms with E-state index in [0.717, 1.165) is 10.0 Å². The molecular weight excluding hydrogens is 404 g/mol. The quantitative estimate of drug-likeness (QED) is 0.730. The molecule has 5 nitrogen and oxygen atoms in total. The third-order valence-electron chi connectivity index (χ3n) is 3.46. The zero-order valence-electron chi connectivity index (χ0n) is 13.6. The average molecular weight is 421 g/mol. The zero-order chi connectivity index (χ0) is 18.4. The summed E-state index contributed by atoms with van der Waals surface area (Å²) in [5.41, 5.74) is 1.41. The summed E-state index contributed by atoms with van der Waals surface area (Å²) in [7, 11) is -1.96. The molecule has 0 atom stereocenters. The number of terminal acetylenes is 1. The summed E-state index contributed by atoms with van der Waals surface area (Å²) in [6.07, 6.45) is 5.05. The Kier molecular flexibility index (Phi) is 6.37. The van der Waals surface area contributed by atoms with Crippen LogP contribution in [0.4, 0.5) is 0 Å². The first-order valence-electron chi connectivity index (χ1n) is 7.36. The summed E-state index contributed by atoms with van der Waals surface area (Å²) in [5.74, 6) is 2.02. The normalized spacial score (nSPS) is 10.9. The number of carbonyl (C=O) groups excluding carboxylic acids is 1. The van der Waals surface area contributed by atoms with Crippen LogP contribution in [-0.4, -0.2) is 32.8 Å². The molecule has 0 heterocycles. The van der Waals surface area contributed by atoms with E-state index in [1.165, 1.54) is 24.3 Å². The maximum atomic E-state index is 12.5. The molecule has 0 aliphatic carbocycles. The van der Waals surface area contributed by atoms with Crippen LogP contribution in [0.1, 0.15) is 15.9 Å². The highest BCUT2D eigenvalue weighted by molar-refractivity contribution is 9.10. The highest BCUT2D eigenvalue weighted by atomic mass is 79.9. The van der Waals surface area contributed by atoms with Crippen LogP contribution in [0.15, 0.2) is 57.9 Å². The lowest BCUT2D eigenvalue weighted by atomic mass is 10.1. The summed E-state index contributed by atoms with van der Waals surface area (Å²) >= 11 is 3.37. The molecule has 1 N–H and O–H groups in total. The van der Waals surface area contributed by atoms with Crippen molar-refractivity contribution in [3.63, 3.8) is 0 Å². The second-order valence-corrected chi connectivity index (χ2v) is 8.02. The van der Waals surface area contributed by atoms with Gasteiger partial charge in [0.1, 0.15) is 0 Å². The maximum absolute atomic E-state index is 12.5. The minimum absolute atomic E-state index is 0.0647. The first-order valence-corrected chi connectivity index (χ1v) is 9.64. The van der Waals surface area contributed by atoms with Crippen molar-refractivity contribution in [3.05, 3.63) is 64.1 Å². The third kappa shape index (κ3) is 5.16. The Bertz CT molecular complexity index is 885. The Labute approximate surface area is 156 Å². The van der Waals surface area contributed by atoms with Crippen LogP contribution < -0.4 is 4.72 Å². The van der Waals surface area contributed by atoms with Crippen molar-refractivity contribution in [2.24, 2.45) is 0 Å². The number of nitrogens with one attached hydrogen (secondary N) is 1. The van der Waals surface area contributed by atoms with Gasteiger partial charge in [0.05, 0.1) is 11.4 Å². The number of benzene rings is 2. The first-order chi connectivity index (χ1) is 11.8. The largest absolute Gasteiger partial charge is 0.337 e. The van der Waals surface area contributed by atoms with Gasteiger partial charge in [-0.2, -0.15) is 4.72 Å². The van der Waals surface area contributed by atoms with Gasteiger partial charge in [-0.1, -0.05) is 34.0 Å². The summed E-state index contributed by atoms with van der Waals surface area (Å²) < 4.78 is 27.2. The zero-order valence-corrected chi connectivity index (χ0v) is 16.0. The van der Waals surface area contributed by atoms with Gasteiger partial charge in [-0.05, 0) is 42.0 Å². The molecule has 2 aromatic carbocycles. The number of nitrogens with zero attached hydrogens (tertiary/aromatic N) is 1. The number of carbonyl (C=O) groups is 1. The van der Waals surface area contributed by atoms with Crippen molar-refractivity contribution in [2.45, 2.75) is 11.4 Å². The van der Waals surface area contributed by atoms with E-state index in [9.17, 15) is 13.2 Å². The van der Waals surface area contributed by atoms with E-state index in [2.05, 4.69) is 26.6 Å². The molecule has 25 heavy (non-hydrogen) atoms. The smallest absolute Gasteiger partial charge is 0.253 e. The summed E-state index contributed by atoms with van der Waals surface area (Å²) in [6.45, 7) is 0.370. The Hall–Kier alpha value is -2.14. The van der Waals surface area contributed by atoms with Gasteiger partial charge in [0.15, 0.2) is 0 Å². The van der Waals surface area contributed by atoms with E-state index in [1.54, 1.807) is 11.9 Å². The number of sulfonamides is 1. The molecule has 0 fully saturated rings. The van der Waals surface area contributed by atoms with Crippen LogP contribution in [0.3, 0.4) is 0 Å². The maximum Gasteiger partial charge on any atom is 0.253 e. The molecule has 0 aliphatic heterocycles. The molecular formula is C18H17BrN2O3S. The summed E-state index contributed by atoms with van der Waals surface area (Å²) in [5, 5.41) is 0. The van der Waals surface area contributed by atoms with Crippen LogP contribution in [0.2, 0.25) is 0 Å². The first kappa shape index (κ1) is 19.2. The average Bonchev–Trinajstić information content (AvgIpc) is 2.61. The minimum atomic E-state index is -3.66. The van der Waals surface area contributed by atoms with Crippen LogP contribution in [-0.2, 0) is 16.6 Å². The Balaban J connectivity index is 2.09. The second-order valence-electron chi connectivity index (χ2n) is 5.34. The molecule has 0 saturated carbocycles. The Morgan fingerprint density at radius 1 is 1.16 bits per heavy atom. The van der Waals surface area contributed by atoms with Gasteiger partial charge in [0.2, 0.25) is 10.0 Å². The van der Waals surface area contributed by atoms with Crippen molar-refractivity contribution in [3.8, 4) is 12.3 Å². The second kappa shape index (κ2) is 8.30. The molecule has 1 amide bonds. The van der Waals surface area contributed by atoms with Crippen LogP contribution in [0.25, 0.3) is 0 Å². The van der Waals surface area contributed by atoms with Crippen LogP contribution in [0, 0.1) is 12.3 Å². The van der Waals surface area contributed by atoms with Crippen LogP contribution >= 0.6 is 15.9 Å². The summed E-state index contributed by atoms with van der Waals surface area (Å²) in [4.78, 5) is 14.1. The van der Waals surface area contributed by atoms with E-state index in [1.807, 2.05) is 24.3 Å². The summed E-state index contributed by atoms with van der Waals surface area (Å²) in [6, 6.07) is 13.4. The van der Waals surface area contributed by atoms with Gasteiger partial charge < -0.3 is 4.90 Å². The van der Waals surface area contributed by atoms with Crippen molar-refractivity contribution in [1.29, 1.82) is 0 Å². The van der Waals surface area contributed by atoms with Crippen molar-refractivity contribution < 1.29 is 13.2 Å². The highest BCUT2D eigenvalue weighted by Gasteiger charge is 2.16. The van der Waals surface area contributed by atoms with Crippen molar-refractivity contribution >= 4 is 31.9 Å². The van der Waals surface area contributed by atoms with Crippen molar-refractivity contribution in [2.75, 3.05) is 13.6 Å². The predicted molar refractivity (Wildman–Crippen MR) is 100 cm³/mol. The van der Waals surface area contributed by atoms with E-state index >= 15 is 0 Å². The fourth-order valence-corrected chi connectivity index (χ4v) is 3.35. The van der Waals surface area contributed by atoms with E-state index in [0.29, 0.717) is 12.1 Å². The molecule has 7 heteroatoms. The fraction of sp³-hybridized carbons (Fsp3) is 0.167. The molecule has 130 valence electrons. The number of rotatable bonds is 6. The van der Waals surface area contributed by atoms with Gasteiger partial charge in [0, 0.05) is 23.6 Å². The molecule has 0 aliphatic rings. The molecule has 0 unspecified atom stereocenters. The number of amides is 1. The minimum Gasteiger partial charge on any atom is -0.337 e. The predicted octanol–water partition coefficient (Wildman–Crippen LogP) is 2.63. The molecule has 2 rings (SSSR count). The van der Waals surface area contributed by atoms with E-state index < -0.39 is 10.0 Å². The monoisotopic (exact) mass is 420 g/mol. The molecule has 2 aromatic rings. The lowest BCUT2D eigenvalue weighted by molar-refractivity contribution is 0.0785. The standard InChI is InChI=1S/C18H17BrN2O3S/c1-3-12-20-25(23,24)17-10-6-15(7-11-17)18(22)21(2)13-14-4-8-16(19)9-5-14/h1,4-11,20H,12-13H2,2H3. The lowest BCUT2D eigenvalue weighted by Crippen LogP contribution is -2.26. The van der Waals surface area contributed by atoms with Gasteiger partial charge in [-0.25, -0.2) is 8.42 Å². The molecule has 0 spiro atoms. The van der Waals surface area contributed by atoms with Gasteiger partial charge in [-0.15, -0.1) is 6.42 Å². The van der Waals surface area contributed by atoms with Gasteiger partial charge >= 0.3 is 0 Å². The van der Waals surface area contributed by atoms with E-state index in [-0.39, 0.29) is 17.3 Å².